The number of methoxy groups -OCH3 is 1. The summed E-state index contributed by atoms with van der Waals surface area (Å²) in [7, 11) is 1.29. The van der Waals surface area contributed by atoms with Crippen molar-refractivity contribution >= 4 is 17.7 Å². The van der Waals surface area contributed by atoms with Gasteiger partial charge in [0.2, 0.25) is 5.91 Å². The van der Waals surface area contributed by atoms with Crippen molar-refractivity contribution in [2.24, 2.45) is 0 Å². The van der Waals surface area contributed by atoms with Crippen LogP contribution in [0.25, 0.3) is 0 Å². The highest BCUT2D eigenvalue weighted by atomic mass is 16.5. The SMILES string of the molecule is COC(=O)CCN(CCCO)C(=O)CCC(=O)c1ccccc1. The molecule has 0 spiro atoms. The smallest absolute Gasteiger partial charge is 0.307 e. The lowest BCUT2D eigenvalue weighted by Crippen LogP contribution is -2.34. The maximum absolute atomic E-state index is 12.2. The standard InChI is InChI=1S/C17H23NO5/c1-23-17(22)10-12-18(11-5-13-19)16(21)9-8-15(20)14-6-3-2-4-7-14/h2-4,6-7,19H,5,8-13H2,1H3. The van der Waals surface area contributed by atoms with E-state index in [4.69, 9.17) is 5.11 Å². The zero-order valence-electron chi connectivity index (χ0n) is 13.4. The lowest BCUT2D eigenvalue weighted by Gasteiger charge is -2.21. The first-order valence-corrected chi connectivity index (χ1v) is 7.62. The van der Waals surface area contributed by atoms with Gasteiger partial charge >= 0.3 is 5.97 Å². The monoisotopic (exact) mass is 321 g/mol. The van der Waals surface area contributed by atoms with Crippen molar-refractivity contribution in [3.8, 4) is 0 Å². The Labute approximate surface area is 136 Å². The van der Waals surface area contributed by atoms with Gasteiger partial charge < -0.3 is 14.7 Å². The Kier molecular flexibility index (Phi) is 8.60. The maximum atomic E-state index is 12.2. The van der Waals surface area contributed by atoms with E-state index in [1.165, 1.54) is 12.0 Å². The highest BCUT2D eigenvalue weighted by molar-refractivity contribution is 5.97. The van der Waals surface area contributed by atoms with Crippen molar-refractivity contribution in [3.05, 3.63) is 35.9 Å². The maximum Gasteiger partial charge on any atom is 0.307 e. The summed E-state index contributed by atoms with van der Waals surface area (Å²) in [6.07, 6.45) is 0.733. The third-order valence-corrected chi connectivity index (χ3v) is 3.41. The first-order valence-electron chi connectivity index (χ1n) is 7.62. The van der Waals surface area contributed by atoms with E-state index >= 15 is 0 Å². The Bertz CT molecular complexity index is 515. The number of hydrogen-bond donors (Lipinski definition) is 1. The molecule has 0 aliphatic carbocycles. The van der Waals surface area contributed by atoms with Gasteiger partial charge in [0.05, 0.1) is 13.5 Å². The minimum Gasteiger partial charge on any atom is -0.469 e. The predicted molar refractivity (Wildman–Crippen MR) is 84.9 cm³/mol. The fraction of sp³-hybridized carbons (Fsp3) is 0.471. The number of aliphatic hydroxyl groups excluding tert-OH is 1. The summed E-state index contributed by atoms with van der Waals surface area (Å²) in [5.41, 5.74) is 0.580. The zero-order valence-corrected chi connectivity index (χ0v) is 13.4. The number of esters is 1. The van der Waals surface area contributed by atoms with E-state index in [0.717, 1.165) is 0 Å². The van der Waals surface area contributed by atoms with Crippen LogP contribution in [0.15, 0.2) is 30.3 Å². The number of benzene rings is 1. The lowest BCUT2D eigenvalue weighted by atomic mass is 10.1. The van der Waals surface area contributed by atoms with Gasteiger partial charge in [-0.15, -0.1) is 0 Å². The number of ether oxygens (including phenoxy) is 1. The molecule has 23 heavy (non-hydrogen) atoms. The van der Waals surface area contributed by atoms with Gasteiger partial charge in [-0.1, -0.05) is 30.3 Å². The van der Waals surface area contributed by atoms with E-state index in [1.807, 2.05) is 6.07 Å². The molecule has 1 aromatic rings. The van der Waals surface area contributed by atoms with Crippen molar-refractivity contribution in [2.45, 2.75) is 25.7 Å². The molecule has 0 aliphatic heterocycles. The number of rotatable bonds is 10. The molecule has 1 aromatic carbocycles. The van der Waals surface area contributed by atoms with Gasteiger partial charge in [0.15, 0.2) is 5.78 Å². The van der Waals surface area contributed by atoms with Crippen LogP contribution in [0.5, 0.6) is 0 Å². The fourth-order valence-electron chi connectivity index (χ4n) is 2.10. The van der Waals surface area contributed by atoms with Crippen molar-refractivity contribution < 1.29 is 24.2 Å². The summed E-state index contributed by atoms with van der Waals surface area (Å²) in [6, 6.07) is 8.81. The summed E-state index contributed by atoms with van der Waals surface area (Å²) in [6.45, 7) is 0.543. The van der Waals surface area contributed by atoms with E-state index in [1.54, 1.807) is 24.3 Å². The minimum atomic E-state index is -0.396. The van der Waals surface area contributed by atoms with E-state index in [0.29, 0.717) is 18.5 Å². The van der Waals surface area contributed by atoms with Crippen LogP contribution in [0.1, 0.15) is 36.0 Å². The predicted octanol–water partition coefficient (Wildman–Crippen LogP) is 1.42. The summed E-state index contributed by atoms with van der Waals surface area (Å²) >= 11 is 0. The van der Waals surface area contributed by atoms with Gasteiger partial charge in [0, 0.05) is 38.1 Å². The first-order chi connectivity index (χ1) is 11.1. The molecule has 1 N–H and O–H groups in total. The molecule has 0 aliphatic rings. The largest absolute Gasteiger partial charge is 0.469 e. The Hall–Kier alpha value is -2.21. The van der Waals surface area contributed by atoms with Crippen molar-refractivity contribution in [2.75, 3.05) is 26.8 Å². The van der Waals surface area contributed by atoms with Crippen LogP contribution in [0.2, 0.25) is 0 Å². The molecule has 0 fully saturated rings. The summed E-state index contributed by atoms with van der Waals surface area (Å²) < 4.78 is 4.56. The summed E-state index contributed by atoms with van der Waals surface area (Å²) in [4.78, 5) is 36.9. The van der Waals surface area contributed by atoms with Crippen LogP contribution in [-0.4, -0.2) is 54.5 Å². The molecule has 1 amide bonds. The second kappa shape index (κ2) is 10.5. The van der Waals surface area contributed by atoms with Crippen LogP contribution in [0, 0.1) is 0 Å². The van der Waals surface area contributed by atoms with E-state index < -0.39 is 5.97 Å². The molecule has 0 saturated heterocycles. The molecular weight excluding hydrogens is 298 g/mol. The number of nitrogens with zero attached hydrogens (tertiary/aromatic N) is 1. The number of aliphatic hydroxyl groups is 1. The molecule has 1 rings (SSSR count). The molecule has 0 unspecified atom stereocenters. The molecule has 0 bridgehead atoms. The van der Waals surface area contributed by atoms with Crippen LogP contribution < -0.4 is 0 Å². The second-order valence-electron chi connectivity index (χ2n) is 5.07. The Morgan fingerprint density at radius 2 is 1.74 bits per heavy atom. The molecule has 0 radical (unpaired) electrons. The fourth-order valence-corrected chi connectivity index (χ4v) is 2.10. The van der Waals surface area contributed by atoms with Gasteiger partial charge in [-0.3, -0.25) is 14.4 Å². The third kappa shape index (κ3) is 7.06. The normalized spacial score (nSPS) is 10.2. The van der Waals surface area contributed by atoms with Crippen LogP contribution >= 0.6 is 0 Å². The summed E-state index contributed by atoms with van der Waals surface area (Å²) in [5.74, 6) is -0.687. The first kappa shape index (κ1) is 18.8. The molecule has 126 valence electrons. The van der Waals surface area contributed by atoms with Crippen molar-refractivity contribution in [1.29, 1.82) is 0 Å². The van der Waals surface area contributed by atoms with Crippen molar-refractivity contribution in [1.82, 2.24) is 4.90 Å². The molecule has 6 nitrogen and oxygen atoms in total. The van der Waals surface area contributed by atoms with Gasteiger partial charge in [-0.2, -0.15) is 0 Å². The Morgan fingerprint density at radius 1 is 1.04 bits per heavy atom. The number of ketones is 1. The minimum absolute atomic E-state index is 0.0368. The molecule has 0 aromatic heterocycles. The number of hydrogen-bond acceptors (Lipinski definition) is 5. The highest BCUT2D eigenvalue weighted by Crippen LogP contribution is 2.08. The van der Waals surface area contributed by atoms with Crippen LogP contribution in [-0.2, 0) is 14.3 Å². The van der Waals surface area contributed by atoms with Gasteiger partial charge in [-0.05, 0) is 6.42 Å². The van der Waals surface area contributed by atoms with Gasteiger partial charge in [0.1, 0.15) is 0 Å². The van der Waals surface area contributed by atoms with Gasteiger partial charge in [0.25, 0.3) is 0 Å². The van der Waals surface area contributed by atoms with Crippen molar-refractivity contribution in [3.63, 3.8) is 0 Å². The Morgan fingerprint density at radius 3 is 2.35 bits per heavy atom. The molecule has 0 heterocycles. The molecular formula is C17H23NO5. The highest BCUT2D eigenvalue weighted by Gasteiger charge is 2.16. The van der Waals surface area contributed by atoms with E-state index in [9.17, 15) is 14.4 Å². The average Bonchev–Trinajstić information content (AvgIpc) is 2.59. The van der Waals surface area contributed by atoms with Gasteiger partial charge in [-0.25, -0.2) is 0 Å². The lowest BCUT2D eigenvalue weighted by molar-refractivity contribution is -0.141. The van der Waals surface area contributed by atoms with E-state index in [-0.39, 0.29) is 44.1 Å². The molecule has 0 saturated carbocycles. The molecule has 0 atom stereocenters. The third-order valence-electron chi connectivity index (χ3n) is 3.41. The van der Waals surface area contributed by atoms with E-state index in [2.05, 4.69) is 4.74 Å². The average molecular weight is 321 g/mol. The number of amides is 1. The molecule has 6 heteroatoms. The number of Topliss-reactive ketones (excluding diaryl/α,β-unsaturated/α-hetero) is 1. The Balaban J connectivity index is 2.51. The topological polar surface area (TPSA) is 83.9 Å². The number of carbonyl (C=O) groups is 3. The summed E-state index contributed by atoms with van der Waals surface area (Å²) in [5, 5.41) is 8.90. The van der Waals surface area contributed by atoms with Crippen LogP contribution in [0.3, 0.4) is 0 Å². The zero-order chi connectivity index (χ0) is 17.1. The second-order valence-corrected chi connectivity index (χ2v) is 5.07. The number of carbonyl (C=O) groups excluding carboxylic acids is 3. The quantitative estimate of drug-likeness (QED) is 0.520. The van der Waals surface area contributed by atoms with Crippen LogP contribution in [0.4, 0.5) is 0 Å².